The van der Waals surface area contributed by atoms with Crippen molar-refractivity contribution in [2.75, 3.05) is 13.7 Å². The number of aliphatic carboxylic acids is 1. The van der Waals surface area contributed by atoms with Crippen LogP contribution < -0.4 is 11.3 Å². The van der Waals surface area contributed by atoms with E-state index in [1.807, 2.05) is 4.90 Å². The Morgan fingerprint density at radius 2 is 2.04 bits per heavy atom. The van der Waals surface area contributed by atoms with Crippen LogP contribution in [0.1, 0.15) is 43.3 Å². The molecule has 2 heterocycles. The molecular formula is C18H28N4O5. The van der Waals surface area contributed by atoms with Crippen LogP contribution in [-0.4, -0.2) is 57.7 Å². The van der Waals surface area contributed by atoms with Crippen LogP contribution in [0.3, 0.4) is 0 Å². The Balaban J connectivity index is 0.000000596. The van der Waals surface area contributed by atoms with Crippen LogP contribution in [0.5, 0.6) is 0 Å². The molecular weight excluding hydrogens is 352 g/mol. The van der Waals surface area contributed by atoms with Crippen molar-refractivity contribution in [1.29, 1.82) is 0 Å². The van der Waals surface area contributed by atoms with Crippen LogP contribution in [0.2, 0.25) is 0 Å². The second kappa shape index (κ2) is 9.09. The predicted octanol–water partition coefficient (Wildman–Crippen LogP) is 0.196. The Morgan fingerprint density at radius 1 is 1.37 bits per heavy atom. The molecule has 0 spiro atoms. The van der Waals surface area contributed by atoms with Crippen molar-refractivity contribution in [3.05, 3.63) is 27.4 Å². The van der Waals surface area contributed by atoms with Crippen molar-refractivity contribution in [1.82, 2.24) is 14.9 Å². The average molecular weight is 380 g/mol. The molecule has 0 saturated heterocycles. The van der Waals surface area contributed by atoms with Gasteiger partial charge < -0.3 is 25.5 Å². The molecule has 0 bridgehead atoms. The van der Waals surface area contributed by atoms with Crippen molar-refractivity contribution in [2.45, 2.75) is 58.2 Å². The fourth-order valence-electron chi connectivity index (χ4n) is 3.66. The van der Waals surface area contributed by atoms with Gasteiger partial charge in [0.15, 0.2) is 0 Å². The van der Waals surface area contributed by atoms with Gasteiger partial charge in [-0.2, -0.15) is 0 Å². The number of nitrogens with two attached hydrogens (primary N) is 1. The maximum Gasteiger partial charge on any atom is 0.300 e. The van der Waals surface area contributed by atoms with Gasteiger partial charge in [0.2, 0.25) is 5.91 Å². The van der Waals surface area contributed by atoms with E-state index < -0.39 is 5.97 Å². The molecule has 3 atom stereocenters. The van der Waals surface area contributed by atoms with Gasteiger partial charge in [-0.25, -0.2) is 4.98 Å². The minimum atomic E-state index is -0.833. The molecule has 1 aliphatic carbocycles. The Hall–Kier alpha value is -2.26. The van der Waals surface area contributed by atoms with Gasteiger partial charge in [0.1, 0.15) is 5.82 Å². The largest absolute Gasteiger partial charge is 0.481 e. The Kier molecular flexibility index (Phi) is 7.09. The number of amides is 1. The third kappa shape index (κ3) is 5.36. The number of nitrogens with zero attached hydrogens (tertiary/aromatic N) is 2. The maximum atomic E-state index is 12.8. The molecule has 1 amide bonds. The lowest BCUT2D eigenvalue weighted by molar-refractivity contribution is -0.139. The molecule has 3 rings (SSSR count). The lowest BCUT2D eigenvalue weighted by Crippen LogP contribution is -2.48. The number of hydrogen-bond acceptors (Lipinski definition) is 6. The summed E-state index contributed by atoms with van der Waals surface area (Å²) >= 11 is 0. The van der Waals surface area contributed by atoms with Crippen molar-refractivity contribution < 1.29 is 19.4 Å². The molecule has 9 heteroatoms. The zero-order valence-electron chi connectivity index (χ0n) is 16.0. The normalized spacial score (nSPS) is 24.4. The zero-order chi connectivity index (χ0) is 20.1. The number of methoxy groups -OCH3 is 1. The SMILES string of the molecule is CC(=O)O.CO[C@@H]1C[C@@H](C(=O)N2CCc3c(nc(C)[nH]c3=O)C2)CC[C@H]1N. The summed E-state index contributed by atoms with van der Waals surface area (Å²) in [6, 6.07) is 0.00834. The quantitative estimate of drug-likeness (QED) is 0.666. The number of carboxylic acid groups (broad SMARTS) is 1. The molecule has 0 aromatic carbocycles. The van der Waals surface area contributed by atoms with Gasteiger partial charge in [0, 0.05) is 38.1 Å². The second-order valence-electron chi connectivity index (χ2n) is 7.05. The number of aromatic nitrogens is 2. The van der Waals surface area contributed by atoms with E-state index in [-0.39, 0.29) is 29.5 Å². The summed E-state index contributed by atoms with van der Waals surface area (Å²) in [5.41, 5.74) is 7.38. The third-order valence-corrected chi connectivity index (χ3v) is 5.00. The Labute approximate surface area is 157 Å². The molecule has 27 heavy (non-hydrogen) atoms. The molecule has 1 aromatic heterocycles. The molecule has 9 nitrogen and oxygen atoms in total. The summed E-state index contributed by atoms with van der Waals surface area (Å²) in [7, 11) is 1.65. The van der Waals surface area contributed by atoms with Crippen LogP contribution in [0, 0.1) is 12.8 Å². The smallest absolute Gasteiger partial charge is 0.300 e. The van der Waals surface area contributed by atoms with E-state index in [1.165, 1.54) is 0 Å². The van der Waals surface area contributed by atoms with E-state index in [2.05, 4.69) is 9.97 Å². The first-order chi connectivity index (χ1) is 12.7. The lowest BCUT2D eigenvalue weighted by atomic mass is 9.83. The zero-order valence-corrected chi connectivity index (χ0v) is 16.0. The highest BCUT2D eigenvalue weighted by atomic mass is 16.5. The minimum Gasteiger partial charge on any atom is -0.481 e. The van der Waals surface area contributed by atoms with Crippen molar-refractivity contribution in [2.24, 2.45) is 11.7 Å². The first-order valence-electron chi connectivity index (χ1n) is 9.08. The fraction of sp³-hybridized carbons (Fsp3) is 0.667. The first kappa shape index (κ1) is 21.0. The molecule has 150 valence electrons. The molecule has 1 fully saturated rings. The van der Waals surface area contributed by atoms with E-state index in [0.717, 1.165) is 25.5 Å². The van der Waals surface area contributed by atoms with Crippen LogP contribution in [-0.2, 0) is 27.3 Å². The van der Waals surface area contributed by atoms with E-state index in [9.17, 15) is 9.59 Å². The summed E-state index contributed by atoms with van der Waals surface area (Å²) in [4.78, 5) is 42.7. The summed E-state index contributed by atoms with van der Waals surface area (Å²) in [6.07, 6.45) is 2.77. The van der Waals surface area contributed by atoms with Gasteiger partial charge in [-0.15, -0.1) is 0 Å². The molecule has 0 unspecified atom stereocenters. The highest BCUT2D eigenvalue weighted by Gasteiger charge is 2.35. The molecule has 1 aromatic rings. The number of rotatable bonds is 2. The van der Waals surface area contributed by atoms with Crippen molar-refractivity contribution in [3.8, 4) is 0 Å². The highest BCUT2D eigenvalue weighted by Crippen LogP contribution is 2.28. The maximum absolute atomic E-state index is 12.8. The second-order valence-corrected chi connectivity index (χ2v) is 7.05. The third-order valence-electron chi connectivity index (χ3n) is 5.00. The van der Waals surface area contributed by atoms with Gasteiger partial charge in [0.05, 0.1) is 18.3 Å². The van der Waals surface area contributed by atoms with Crippen LogP contribution in [0.4, 0.5) is 0 Å². The number of carbonyl (C=O) groups is 2. The van der Waals surface area contributed by atoms with Crippen LogP contribution in [0.25, 0.3) is 0 Å². The summed E-state index contributed by atoms with van der Waals surface area (Å²) < 4.78 is 5.41. The fourth-order valence-corrected chi connectivity index (χ4v) is 3.66. The number of hydrogen-bond donors (Lipinski definition) is 3. The van der Waals surface area contributed by atoms with Gasteiger partial charge in [0.25, 0.3) is 11.5 Å². The number of carbonyl (C=O) groups excluding carboxylic acids is 1. The van der Waals surface area contributed by atoms with E-state index in [4.69, 9.17) is 20.4 Å². The minimum absolute atomic E-state index is 0.00834. The number of ether oxygens (including phenoxy) is 1. The summed E-state index contributed by atoms with van der Waals surface area (Å²) in [6.45, 7) is 3.83. The van der Waals surface area contributed by atoms with Gasteiger partial charge >= 0.3 is 0 Å². The topological polar surface area (TPSA) is 139 Å². The number of aryl methyl sites for hydroxylation is 1. The molecule has 1 saturated carbocycles. The number of fused-ring (bicyclic) bond motifs is 1. The average Bonchev–Trinajstić information content (AvgIpc) is 2.60. The Morgan fingerprint density at radius 3 is 2.67 bits per heavy atom. The molecule has 2 aliphatic rings. The standard InChI is InChI=1S/C16H24N4O3.C2H4O2/c1-9-18-13-8-20(6-5-11(13)15(21)19-9)16(22)10-3-4-12(17)14(7-10)23-2;1-2(3)4/h10,12,14H,3-8,17H2,1-2H3,(H,18,19,21);1H3,(H,3,4)/t10-,12+,14+;/m0./s1. The summed E-state index contributed by atoms with van der Waals surface area (Å²) in [5.74, 6) is -0.167. The Bertz CT molecular complexity index is 744. The number of H-pyrrole nitrogens is 1. The summed E-state index contributed by atoms with van der Waals surface area (Å²) in [5, 5.41) is 7.42. The van der Waals surface area contributed by atoms with E-state index >= 15 is 0 Å². The monoisotopic (exact) mass is 380 g/mol. The first-order valence-corrected chi connectivity index (χ1v) is 9.08. The van der Waals surface area contributed by atoms with Crippen molar-refractivity contribution in [3.63, 3.8) is 0 Å². The molecule has 0 radical (unpaired) electrons. The predicted molar refractivity (Wildman–Crippen MR) is 98.1 cm³/mol. The van der Waals surface area contributed by atoms with E-state index in [1.54, 1.807) is 14.0 Å². The molecule has 1 aliphatic heterocycles. The van der Waals surface area contributed by atoms with Gasteiger partial charge in [-0.1, -0.05) is 0 Å². The van der Waals surface area contributed by atoms with Crippen LogP contribution >= 0.6 is 0 Å². The van der Waals surface area contributed by atoms with Gasteiger partial charge in [-0.3, -0.25) is 14.4 Å². The van der Waals surface area contributed by atoms with E-state index in [0.29, 0.717) is 37.3 Å². The lowest BCUT2D eigenvalue weighted by Gasteiger charge is -2.36. The van der Waals surface area contributed by atoms with Gasteiger partial charge in [-0.05, 0) is 32.6 Å². The highest BCUT2D eigenvalue weighted by molar-refractivity contribution is 5.79. The number of aromatic amines is 1. The number of nitrogens with one attached hydrogen (secondary N) is 1. The number of carboxylic acids is 1. The molecule has 4 N–H and O–H groups in total. The van der Waals surface area contributed by atoms with Crippen LogP contribution in [0.15, 0.2) is 4.79 Å². The van der Waals surface area contributed by atoms with Crippen molar-refractivity contribution >= 4 is 11.9 Å².